The van der Waals surface area contributed by atoms with Gasteiger partial charge in [-0.15, -0.1) is 0 Å². The molecule has 0 saturated heterocycles. The van der Waals surface area contributed by atoms with Gasteiger partial charge in [0.2, 0.25) is 0 Å². The van der Waals surface area contributed by atoms with Gasteiger partial charge in [-0.05, 0) is 47.6 Å². The number of aryl methyl sites for hydroxylation is 1. The Bertz CT molecular complexity index is 487. The van der Waals surface area contributed by atoms with Crippen LogP contribution < -0.4 is 0 Å². The smallest absolute Gasteiger partial charge is 0.0957 e. The van der Waals surface area contributed by atoms with Crippen molar-refractivity contribution in [2.24, 2.45) is 0 Å². The molecule has 2 heterocycles. The first-order valence-corrected chi connectivity index (χ1v) is 7.41. The van der Waals surface area contributed by atoms with Gasteiger partial charge in [0.1, 0.15) is 0 Å². The molecular formula is C17H25NO. The molecule has 2 aliphatic rings. The van der Waals surface area contributed by atoms with Crippen molar-refractivity contribution in [1.29, 1.82) is 0 Å². The predicted octanol–water partition coefficient (Wildman–Crippen LogP) is 3.43. The average Bonchev–Trinajstić information content (AvgIpc) is 2.51. The summed E-state index contributed by atoms with van der Waals surface area (Å²) in [5.74, 6) is 0. The van der Waals surface area contributed by atoms with Crippen molar-refractivity contribution < 1.29 is 4.74 Å². The van der Waals surface area contributed by atoms with Gasteiger partial charge in [-0.3, -0.25) is 4.90 Å². The van der Waals surface area contributed by atoms with E-state index in [1.54, 1.807) is 0 Å². The molecule has 1 atom stereocenters. The van der Waals surface area contributed by atoms with Crippen LogP contribution in [0.2, 0.25) is 0 Å². The van der Waals surface area contributed by atoms with Crippen LogP contribution in [0, 0.1) is 0 Å². The summed E-state index contributed by atoms with van der Waals surface area (Å²) >= 11 is 0. The molecule has 0 radical (unpaired) electrons. The highest BCUT2D eigenvalue weighted by atomic mass is 16.5. The van der Waals surface area contributed by atoms with Crippen LogP contribution in [0.4, 0.5) is 0 Å². The molecule has 19 heavy (non-hydrogen) atoms. The summed E-state index contributed by atoms with van der Waals surface area (Å²) in [4.78, 5) is 2.38. The largest absolute Gasteiger partial charge is 0.372 e. The summed E-state index contributed by atoms with van der Waals surface area (Å²) in [6, 6.07) is 4.85. The van der Waals surface area contributed by atoms with Gasteiger partial charge in [0.25, 0.3) is 0 Å². The lowest BCUT2D eigenvalue weighted by Crippen LogP contribution is -2.32. The van der Waals surface area contributed by atoms with E-state index in [1.165, 1.54) is 28.7 Å². The minimum Gasteiger partial charge on any atom is -0.372 e. The van der Waals surface area contributed by atoms with Crippen molar-refractivity contribution in [2.75, 3.05) is 20.2 Å². The number of hydrogen-bond donors (Lipinski definition) is 0. The van der Waals surface area contributed by atoms with E-state index in [1.807, 2.05) is 0 Å². The standard InChI is InChI=1S/C17H25NO/c1-17(2,3)14-8-12-6-5-7-19-15-11-18(4)10-13(9-14)16(12)15/h8-9,15H,5-7,10-11H2,1-4H3. The Kier molecular flexibility index (Phi) is 3.18. The van der Waals surface area contributed by atoms with Crippen LogP contribution in [-0.2, 0) is 23.1 Å². The van der Waals surface area contributed by atoms with Crippen molar-refractivity contribution in [3.8, 4) is 0 Å². The van der Waals surface area contributed by atoms with E-state index in [0.717, 1.165) is 26.1 Å². The molecule has 2 nitrogen and oxygen atoms in total. The maximum absolute atomic E-state index is 6.06. The first-order chi connectivity index (χ1) is 8.95. The molecule has 0 bridgehead atoms. The minimum atomic E-state index is 0.226. The van der Waals surface area contributed by atoms with Crippen LogP contribution in [0.25, 0.3) is 0 Å². The van der Waals surface area contributed by atoms with Crippen LogP contribution in [0.5, 0.6) is 0 Å². The van der Waals surface area contributed by atoms with Gasteiger partial charge in [-0.1, -0.05) is 32.9 Å². The molecule has 1 unspecified atom stereocenters. The molecule has 0 saturated carbocycles. The molecule has 0 spiro atoms. The SMILES string of the molecule is CN1Cc2cc(C(C)(C)C)cc3c2C(C1)OCCC3. The Morgan fingerprint density at radius 1 is 1.21 bits per heavy atom. The van der Waals surface area contributed by atoms with Crippen LogP contribution >= 0.6 is 0 Å². The second-order valence-corrected chi connectivity index (χ2v) is 7.12. The number of benzene rings is 1. The van der Waals surface area contributed by atoms with E-state index < -0.39 is 0 Å². The maximum Gasteiger partial charge on any atom is 0.0957 e. The lowest BCUT2D eigenvalue weighted by molar-refractivity contribution is 0.0232. The molecule has 2 heteroatoms. The normalized spacial score (nSPS) is 23.9. The Morgan fingerprint density at radius 2 is 1.95 bits per heavy atom. The van der Waals surface area contributed by atoms with E-state index in [4.69, 9.17) is 4.74 Å². The van der Waals surface area contributed by atoms with Crippen molar-refractivity contribution in [3.05, 3.63) is 34.4 Å². The molecular weight excluding hydrogens is 234 g/mol. The third kappa shape index (κ3) is 2.44. The predicted molar refractivity (Wildman–Crippen MR) is 78.5 cm³/mol. The number of nitrogens with zero attached hydrogens (tertiary/aromatic N) is 1. The molecule has 3 rings (SSSR count). The van der Waals surface area contributed by atoms with E-state index in [9.17, 15) is 0 Å². The van der Waals surface area contributed by atoms with Gasteiger partial charge >= 0.3 is 0 Å². The topological polar surface area (TPSA) is 12.5 Å². The molecule has 104 valence electrons. The Morgan fingerprint density at radius 3 is 2.68 bits per heavy atom. The zero-order chi connectivity index (χ0) is 13.6. The summed E-state index contributed by atoms with van der Waals surface area (Å²) in [6.45, 7) is 9.91. The third-order valence-electron chi connectivity index (χ3n) is 4.37. The number of hydrogen-bond acceptors (Lipinski definition) is 2. The molecule has 0 aliphatic carbocycles. The first kappa shape index (κ1) is 13.1. The van der Waals surface area contributed by atoms with Gasteiger partial charge in [0.15, 0.2) is 0 Å². The molecule has 0 N–H and O–H groups in total. The van der Waals surface area contributed by atoms with E-state index >= 15 is 0 Å². The highest BCUT2D eigenvalue weighted by Crippen LogP contribution is 2.37. The van der Waals surface area contributed by atoms with Crippen LogP contribution in [0.1, 0.15) is 55.5 Å². The maximum atomic E-state index is 6.06. The highest BCUT2D eigenvalue weighted by molar-refractivity contribution is 5.44. The van der Waals surface area contributed by atoms with Gasteiger partial charge < -0.3 is 4.74 Å². The summed E-state index contributed by atoms with van der Waals surface area (Å²) in [6.07, 6.45) is 2.62. The molecule has 0 aromatic heterocycles. The molecule has 2 aliphatic heterocycles. The summed E-state index contributed by atoms with van der Waals surface area (Å²) in [5.41, 5.74) is 6.23. The van der Waals surface area contributed by atoms with E-state index in [0.29, 0.717) is 6.10 Å². The zero-order valence-electron chi connectivity index (χ0n) is 12.6. The van der Waals surface area contributed by atoms with Crippen LogP contribution in [-0.4, -0.2) is 25.1 Å². The first-order valence-electron chi connectivity index (χ1n) is 7.41. The van der Waals surface area contributed by atoms with Gasteiger partial charge in [0.05, 0.1) is 6.10 Å². The second kappa shape index (κ2) is 4.60. The Hall–Kier alpha value is -0.860. The van der Waals surface area contributed by atoms with Crippen LogP contribution in [0.15, 0.2) is 12.1 Å². The number of ether oxygens (including phenoxy) is 1. The minimum absolute atomic E-state index is 0.226. The molecule has 1 aromatic carbocycles. The average molecular weight is 259 g/mol. The van der Waals surface area contributed by atoms with Crippen molar-refractivity contribution in [1.82, 2.24) is 4.90 Å². The van der Waals surface area contributed by atoms with Gasteiger partial charge in [-0.2, -0.15) is 0 Å². The van der Waals surface area contributed by atoms with Gasteiger partial charge in [-0.25, -0.2) is 0 Å². The zero-order valence-corrected chi connectivity index (χ0v) is 12.6. The molecule has 0 amide bonds. The van der Waals surface area contributed by atoms with Crippen LogP contribution in [0.3, 0.4) is 0 Å². The van der Waals surface area contributed by atoms with E-state index in [2.05, 4.69) is 44.9 Å². The fourth-order valence-corrected chi connectivity index (χ4v) is 3.32. The number of likely N-dealkylation sites (N-methyl/N-ethyl adjacent to an activating group) is 1. The summed E-state index contributed by atoms with van der Waals surface area (Å²) < 4.78 is 6.06. The lowest BCUT2D eigenvalue weighted by atomic mass is 9.81. The van der Waals surface area contributed by atoms with Crippen molar-refractivity contribution in [3.63, 3.8) is 0 Å². The quantitative estimate of drug-likeness (QED) is 0.707. The highest BCUT2D eigenvalue weighted by Gasteiger charge is 2.30. The molecule has 1 aromatic rings. The van der Waals surface area contributed by atoms with E-state index in [-0.39, 0.29) is 5.41 Å². The Balaban J connectivity index is 2.14. The summed E-state index contributed by atoms with van der Waals surface area (Å²) in [5, 5.41) is 0. The number of rotatable bonds is 0. The summed E-state index contributed by atoms with van der Waals surface area (Å²) in [7, 11) is 2.20. The van der Waals surface area contributed by atoms with Crippen molar-refractivity contribution in [2.45, 2.75) is 51.7 Å². The third-order valence-corrected chi connectivity index (χ3v) is 4.37. The second-order valence-electron chi connectivity index (χ2n) is 7.12. The fraction of sp³-hybridized carbons (Fsp3) is 0.647. The van der Waals surface area contributed by atoms with Gasteiger partial charge in [0, 0.05) is 19.7 Å². The monoisotopic (exact) mass is 259 g/mol. The Labute approximate surface area is 116 Å². The lowest BCUT2D eigenvalue weighted by Gasteiger charge is -2.34. The fourth-order valence-electron chi connectivity index (χ4n) is 3.32. The molecule has 0 fully saturated rings. The van der Waals surface area contributed by atoms with Crippen molar-refractivity contribution >= 4 is 0 Å².